The molecule has 0 amide bonds. The van der Waals surface area contributed by atoms with Gasteiger partial charge in [-0.1, -0.05) is 30.3 Å². The Kier molecular flexibility index (Phi) is 4.98. The molecule has 1 aliphatic heterocycles. The van der Waals surface area contributed by atoms with Gasteiger partial charge in [-0.25, -0.2) is 0 Å². The molecule has 1 heterocycles. The Labute approximate surface area is 104 Å². The van der Waals surface area contributed by atoms with Gasteiger partial charge in [0.2, 0.25) is 0 Å². The Hall–Kier alpha value is -0.900. The molecule has 3 nitrogen and oxygen atoms in total. The molecule has 3 heteroatoms. The van der Waals surface area contributed by atoms with Crippen molar-refractivity contribution in [2.24, 2.45) is 0 Å². The van der Waals surface area contributed by atoms with Crippen molar-refractivity contribution < 1.29 is 4.74 Å². The number of nitrogens with zero attached hydrogens (tertiary/aromatic N) is 1. The number of hydrogen-bond donors (Lipinski definition) is 1. The quantitative estimate of drug-likeness (QED) is 0.755. The fourth-order valence-corrected chi connectivity index (χ4v) is 2.20. The first-order valence-corrected chi connectivity index (χ1v) is 6.38. The van der Waals surface area contributed by atoms with Gasteiger partial charge in [-0.2, -0.15) is 0 Å². The minimum absolute atomic E-state index is 0.653. The zero-order valence-corrected chi connectivity index (χ0v) is 10.6. The Morgan fingerprint density at radius 1 is 1.35 bits per heavy atom. The van der Waals surface area contributed by atoms with E-state index in [0.717, 1.165) is 13.2 Å². The second-order valence-electron chi connectivity index (χ2n) is 4.74. The molecule has 0 saturated carbocycles. The van der Waals surface area contributed by atoms with Gasteiger partial charge in [0.15, 0.2) is 0 Å². The zero-order valence-electron chi connectivity index (χ0n) is 10.6. The van der Waals surface area contributed by atoms with E-state index in [9.17, 15) is 0 Å². The summed E-state index contributed by atoms with van der Waals surface area (Å²) in [5, 5.41) is 3.53. The van der Waals surface area contributed by atoms with Crippen LogP contribution >= 0.6 is 0 Å². The number of likely N-dealkylation sites (tertiary alicyclic amines) is 1. The monoisotopic (exact) mass is 234 g/mol. The number of hydrogen-bond acceptors (Lipinski definition) is 3. The Morgan fingerprint density at radius 3 is 2.88 bits per heavy atom. The molecule has 94 valence electrons. The summed E-state index contributed by atoms with van der Waals surface area (Å²) >= 11 is 0. The molecule has 0 aliphatic carbocycles. The summed E-state index contributed by atoms with van der Waals surface area (Å²) in [4.78, 5) is 2.36. The highest BCUT2D eigenvalue weighted by Crippen LogP contribution is 2.05. The average molecular weight is 234 g/mol. The van der Waals surface area contributed by atoms with Crippen LogP contribution < -0.4 is 5.32 Å². The van der Waals surface area contributed by atoms with Crippen LogP contribution in [0.5, 0.6) is 0 Å². The fraction of sp³-hybridized carbons (Fsp3) is 0.571. The van der Waals surface area contributed by atoms with Gasteiger partial charge in [0.1, 0.15) is 0 Å². The van der Waals surface area contributed by atoms with Gasteiger partial charge in [-0.05, 0) is 25.6 Å². The van der Waals surface area contributed by atoms with Crippen LogP contribution in [0, 0.1) is 0 Å². The number of ether oxygens (including phenoxy) is 1. The van der Waals surface area contributed by atoms with E-state index in [1.54, 1.807) is 0 Å². The molecule has 1 aromatic rings. The van der Waals surface area contributed by atoms with Gasteiger partial charge in [0, 0.05) is 19.1 Å². The summed E-state index contributed by atoms with van der Waals surface area (Å²) in [6.07, 6.45) is 1.26. The highest BCUT2D eigenvalue weighted by molar-refractivity contribution is 5.13. The van der Waals surface area contributed by atoms with Crippen molar-refractivity contribution >= 4 is 0 Å². The summed E-state index contributed by atoms with van der Waals surface area (Å²) in [6.45, 7) is 4.83. The van der Waals surface area contributed by atoms with Crippen molar-refractivity contribution in [2.45, 2.75) is 19.1 Å². The lowest BCUT2D eigenvalue weighted by Gasteiger charge is -2.12. The third-order valence-corrected chi connectivity index (χ3v) is 3.18. The molecular weight excluding hydrogens is 212 g/mol. The molecule has 1 aromatic carbocycles. The van der Waals surface area contributed by atoms with Gasteiger partial charge < -0.3 is 15.0 Å². The largest absolute Gasteiger partial charge is 0.375 e. The summed E-state index contributed by atoms with van der Waals surface area (Å²) in [5.74, 6) is 0. The van der Waals surface area contributed by atoms with Crippen LogP contribution in [0.1, 0.15) is 12.0 Å². The first kappa shape index (κ1) is 12.6. The van der Waals surface area contributed by atoms with Crippen molar-refractivity contribution in [2.75, 3.05) is 33.3 Å². The van der Waals surface area contributed by atoms with Crippen molar-refractivity contribution in [3.05, 3.63) is 35.9 Å². The highest BCUT2D eigenvalue weighted by Gasteiger charge is 2.17. The minimum Gasteiger partial charge on any atom is -0.375 e. The lowest BCUT2D eigenvalue weighted by molar-refractivity contribution is 0.121. The van der Waals surface area contributed by atoms with Crippen LogP contribution in [0.3, 0.4) is 0 Å². The molecule has 1 saturated heterocycles. The van der Waals surface area contributed by atoms with Crippen LogP contribution in [0.2, 0.25) is 0 Å². The zero-order chi connectivity index (χ0) is 11.9. The van der Waals surface area contributed by atoms with Gasteiger partial charge in [0.05, 0.1) is 13.2 Å². The second kappa shape index (κ2) is 6.74. The molecule has 1 fully saturated rings. The summed E-state index contributed by atoms with van der Waals surface area (Å²) in [5.41, 5.74) is 1.24. The smallest absolute Gasteiger partial charge is 0.0717 e. The van der Waals surface area contributed by atoms with Crippen molar-refractivity contribution in [3.8, 4) is 0 Å². The second-order valence-corrected chi connectivity index (χ2v) is 4.74. The Bertz CT molecular complexity index is 315. The van der Waals surface area contributed by atoms with Gasteiger partial charge in [0.25, 0.3) is 0 Å². The Balaban J connectivity index is 1.52. The van der Waals surface area contributed by atoms with Crippen LogP contribution in [-0.4, -0.2) is 44.2 Å². The lowest BCUT2D eigenvalue weighted by atomic mass is 10.2. The van der Waals surface area contributed by atoms with E-state index in [0.29, 0.717) is 12.6 Å². The number of likely N-dealkylation sites (N-methyl/N-ethyl adjacent to an activating group) is 1. The number of benzene rings is 1. The first-order chi connectivity index (χ1) is 8.34. The molecule has 2 rings (SSSR count). The van der Waals surface area contributed by atoms with Crippen LogP contribution in [0.15, 0.2) is 30.3 Å². The molecular formula is C14H22N2O. The fourth-order valence-electron chi connectivity index (χ4n) is 2.20. The van der Waals surface area contributed by atoms with E-state index in [4.69, 9.17) is 4.74 Å². The predicted octanol–water partition coefficient (Wildman–Crippen LogP) is 1.50. The maximum atomic E-state index is 5.63. The average Bonchev–Trinajstić information content (AvgIpc) is 2.76. The summed E-state index contributed by atoms with van der Waals surface area (Å²) in [7, 11) is 2.17. The van der Waals surface area contributed by atoms with E-state index in [1.165, 1.54) is 25.1 Å². The number of rotatable bonds is 6. The van der Waals surface area contributed by atoms with Crippen molar-refractivity contribution in [1.82, 2.24) is 10.2 Å². The third kappa shape index (κ3) is 4.46. The molecule has 0 aromatic heterocycles. The lowest BCUT2D eigenvalue weighted by Crippen LogP contribution is -2.33. The summed E-state index contributed by atoms with van der Waals surface area (Å²) in [6, 6.07) is 11.0. The van der Waals surface area contributed by atoms with Gasteiger partial charge in [-0.3, -0.25) is 0 Å². The van der Waals surface area contributed by atoms with E-state index in [2.05, 4.69) is 29.4 Å². The van der Waals surface area contributed by atoms with Gasteiger partial charge >= 0.3 is 0 Å². The van der Waals surface area contributed by atoms with Gasteiger partial charge in [-0.15, -0.1) is 0 Å². The molecule has 1 unspecified atom stereocenters. The molecule has 1 aliphatic rings. The highest BCUT2D eigenvalue weighted by atomic mass is 16.5. The molecule has 1 N–H and O–H groups in total. The molecule has 0 radical (unpaired) electrons. The van der Waals surface area contributed by atoms with Crippen LogP contribution in [0.25, 0.3) is 0 Å². The van der Waals surface area contributed by atoms with Crippen molar-refractivity contribution in [1.29, 1.82) is 0 Å². The van der Waals surface area contributed by atoms with Crippen molar-refractivity contribution in [3.63, 3.8) is 0 Å². The summed E-state index contributed by atoms with van der Waals surface area (Å²) < 4.78 is 5.63. The van der Waals surface area contributed by atoms with E-state index < -0.39 is 0 Å². The molecule has 0 spiro atoms. The minimum atomic E-state index is 0.653. The van der Waals surface area contributed by atoms with E-state index in [1.807, 2.05) is 18.2 Å². The maximum absolute atomic E-state index is 5.63. The van der Waals surface area contributed by atoms with E-state index >= 15 is 0 Å². The van der Waals surface area contributed by atoms with E-state index in [-0.39, 0.29) is 0 Å². The SMILES string of the molecule is CN1CCC(NCCOCc2ccccc2)C1. The molecule has 1 atom stereocenters. The standard InChI is InChI=1S/C14H22N2O/c1-16-9-7-14(11-16)15-8-10-17-12-13-5-3-2-4-6-13/h2-6,14-15H,7-12H2,1H3. The number of nitrogens with one attached hydrogen (secondary N) is 1. The normalized spacial score (nSPS) is 20.9. The molecule has 17 heavy (non-hydrogen) atoms. The predicted molar refractivity (Wildman–Crippen MR) is 70.0 cm³/mol. The molecule has 0 bridgehead atoms. The maximum Gasteiger partial charge on any atom is 0.0717 e. The first-order valence-electron chi connectivity index (χ1n) is 6.38. The topological polar surface area (TPSA) is 24.5 Å². The van der Waals surface area contributed by atoms with Crippen LogP contribution in [-0.2, 0) is 11.3 Å². The van der Waals surface area contributed by atoms with Crippen LogP contribution in [0.4, 0.5) is 0 Å². The third-order valence-electron chi connectivity index (χ3n) is 3.18. The Morgan fingerprint density at radius 2 is 2.18 bits per heavy atom.